The van der Waals surface area contributed by atoms with Gasteiger partial charge in [0.2, 0.25) is 0 Å². The van der Waals surface area contributed by atoms with Crippen molar-refractivity contribution in [3.8, 4) is 27.9 Å². The van der Waals surface area contributed by atoms with Crippen LogP contribution in [-0.4, -0.2) is 4.57 Å². The molecule has 0 aliphatic carbocycles. The number of fused-ring (bicyclic) bond motifs is 7. The number of hydrogen-bond donors (Lipinski definition) is 0. The van der Waals surface area contributed by atoms with Gasteiger partial charge in [-0.1, -0.05) is 158 Å². The van der Waals surface area contributed by atoms with E-state index in [1.54, 1.807) is 0 Å². The fourth-order valence-corrected chi connectivity index (χ4v) is 8.85. The predicted octanol–water partition coefficient (Wildman–Crippen LogP) is 15.0. The topological polar surface area (TPSA) is 8.17 Å². The molecule has 2 heteroatoms. The Hall–Kier alpha value is -7.42. The SMILES string of the molecule is c1ccc(-c2c(-c3ccccc3)c3cc(N(c4ccc5ccccc5c4)c4ccc5c(c4)c4ccccc4n5-c4ccccc4)ccc3c3ccccc23)cc1. The number of rotatable bonds is 6. The van der Waals surface area contributed by atoms with Crippen molar-refractivity contribution in [3.05, 3.63) is 218 Å². The Labute approximate surface area is 325 Å². The molecule has 0 saturated carbocycles. The molecule has 0 N–H and O–H groups in total. The molecule has 0 bridgehead atoms. The Kier molecular flexibility index (Phi) is 7.53. The summed E-state index contributed by atoms with van der Waals surface area (Å²) in [5.41, 5.74) is 11.8. The lowest BCUT2D eigenvalue weighted by Gasteiger charge is -2.27. The van der Waals surface area contributed by atoms with Crippen LogP contribution in [0.5, 0.6) is 0 Å². The molecule has 1 aromatic heterocycles. The second kappa shape index (κ2) is 13.2. The molecule has 2 nitrogen and oxygen atoms in total. The van der Waals surface area contributed by atoms with E-state index in [0.29, 0.717) is 0 Å². The first-order valence-electron chi connectivity index (χ1n) is 19.3. The average Bonchev–Trinajstić information content (AvgIpc) is 3.60. The standard InChI is InChI=1S/C54H36N2/c1-4-17-38(18-5-1)53-48-26-13-12-24-45(48)46-32-30-43(36-50(46)54(53)39-19-6-2-7-20-39)55(42-29-28-37-16-10-11-21-40(37)34-42)44-31-33-52-49(35-44)47-25-14-15-27-51(47)56(52)41-22-8-3-9-23-41/h1-36H. The third kappa shape index (κ3) is 5.19. The molecule has 0 aliphatic rings. The van der Waals surface area contributed by atoms with Crippen LogP contribution >= 0.6 is 0 Å². The molecule has 11 rings (SSSR count). The zero-order chi connectivity index (χ0) is 37.0. The van der Waals surface area contributed by atoms with Gasteiger partial charge < -0.3 is 9.47 Å². The number of para-hydroxylation sites is 2. The van der Waals surface area contributed by atoms with Crippen LogP contribution in [-0.2, 0) is 0 Å². The van der Waals surface area contributed by atoms with Crippen LogP contribution in [0.15, 0.2) is 218 Å². The fraction of sp³-hybridized carbons (Fsp3) is 0. The predicted molar refractivity (Wildman–Crippen MR) is 239 cm³/mol. The van der Waals surface area contributed by atoms with E-state index in [1.807, 2.05) is 0 Å². The second-order valence-electron chi connectivity index (χ2n) is 14.5. The summed E-state index contributed by atoms with van der Waals surface area (Å²) in [6, 6.07) is 79.6. The smallest absolute Gasteiger partial charge is 0.0542 e. The Morgan fingerprint density at radius 1 is 0.286 bits per heavy atom. The molecule has 1 heterocycles. The molecule has 0 amide bonds. The summed E-state index contributed by atoms with van der Waals surface area (Å²) >= 11 is 0. The number of aromatic nitrogens is 1. The minimum atomic E-state index is 1.10. The maximum absolute atomic E-state index is 2.44. The molecule has 56 heavy (non-hydrogen) atoms. The van der Waals surface area contributed by atoms with Gasteiger partial charge >= 0.3 is 0 Å². The van der Waals surface area contributed by atoms with Crippen molar-refractivity contribution in [1.82, 2.24) is 4.57 Å². The highest BCUT2D eigenvalue weighted by molar-refractivity contribution is 6.22. The van der Waals surface area contributed by atoms with Crippen molar-refractivity contribution in [2.45, 2.75) is 0 Å². The summed E-state index contributed by atoms with van der Waals surface area (Å²) in [5.74, 6) is 0. The highest BCUT2D eigenvalue weighted by atomic mass is 15.1. The highest BCUT2D eigenvalue weighted by Gasteiger charge is 2.22. The summed E-state index contributed by atoms with van der Waals surface area (Å²) in [6.07, 6.45) is 0. The van der Waals surface area contributed by atoms with Crippen LogP contribution in [0.2, 0.25) is 0 Å². The van der Waals surface area contributed by atoms with E-state index >= 15 is 0 Å². The molecule has 0 saturated heterocycles. The van der Waals surface area contributed by atoms with E-state index in [0.717, 1.165) is 22.7 Å². The minimum absolute atomic E-state index is 1.10. The molecule has 0 spiro atoms. The maximum atomic E-state index is 2.44. The summed E-state index contributed by atoms with van der Waals surface area (Å²) < 4.78 is 2.38. The van der Waals surface area contributed by atoms with Gasteiger partial charge in [0.15, 0.2) is 0 Å². The molecule has 0 aliphatic heterocycles. The summed E-state index contributed by atoms with van der Waals surface area (Å²) in [4.78, 5) is 2.44. The molecule has 0 fully saturated rings. The van der Waals surface area contributed by atoms with Gasteiger partial charge in [0.1, 0.15) is 0 Å². The van der Waals surface area contributed by atoms with Crippen LogP contribution in [0.4, 0.5) is 17.1 Å². The lowest BCUT2D eigenvalue weighted by atomic mass is 9.85. The van der Waals surface area contributed by atoms with Crippen molar-refractivity contribution in [2.24, 2.45) is 0 Å². The molecule has 0 radical (unpaired) electrons. The summed E-state index contributed by atoms with van der Waals surface area (Å²) in [5, 5.41) is 9.85. The monoisotopic (exact) mass is 712 g/mol. The van der Waals surface area contributed by atoms with E-state index in [1.165, 1.54) is 76.4 Å². The molecular formula is C54H36N2. The number of nitrogens with zero attached hydrogens (tertiary/aromatic N) is 2. The zero-order valence-electron chi connectivity index (χ0n) is 30.7. The molecule has 11 aromatic rings. The number of anilines is 3. The van der Waals surface area contributed by atoms with Gasteiger partial charge in [0.25, 0.3) is 0 Å². The molecule has 10 aromatic carbocycles. The largest absolute Gasteiger partial charge is 0.310 e. The Morgan fingerprint density at radius 2 is 0.768 bits per heavy atom. The van der Waals surface area contributed by atoms with Crippen molar-refractivity contribution in [2.75, 3.05) is 4.90 Å². The molecule has 0 unspecified atom stereocenters. The van der Waals surface area contributed by atoms with Gasteiger partial charge in [-0.05, 0) is 115 Å². The van der Waals surface area contributed by atoms with Crippen molar-refractivity contribution < 1.29 is 0 Å². The fourth-order valence-electron chi connectivity index (χ4n) is 8.85. The third-order valence-corrected chi connectivity index (χ3v) is 11.3. The quantitative estimate of drug-likeness (QED) is 0.156. The van der Waals surface area contributed by atoms with Gasteiger partial charge in [-0.15, -0.1) is 0 Å². The summed E-state index contributed by atoms with van der Waals surface area (Å²) in [6.45, 7) is 0. The third-order valence-electron chi connectivity index (χ3n) is 11.3. The Morgan fingerprint density at radius 3 is 1.50 bits per heavy atom. The van der Waals surface area contributed by atoms with Gasteiger partial charge in [0, 0.05) is 33.5 Å². The van der Waals surface area contributed by atoms with Gasteiger partial charge in [-0.25, -0.2) is 0 Å². The van der Waals surface area contributed by atoms with Gasteiger partial charge in [-0.2, -0.15) is 0 Å². The lowest BCUT2D eigenvalue weighted by molar-refractivity contribution is 1.18. The first-order valence-corrected chi connectivity index (χ1v) is 19.3. The van der Waals surface area contributed by atoms with Gasteiger partial charge in [-0.3, -0.25) is 0 Å². The van der Waals surface area contributed by atoms with E-state index in [4.69, 9.17) is 0 Å². The van der Waals surface area contributed by atoms with Crippen LogP contribution in [0.3, 0.4) is 0 Å². The lowest BCUT2D eigenvalue weighted by Crippen LogP contribution is -2.10. The van der Waals surface area contributed by atoms with Crippen LogP contribution in [0.25, 0.3) is 82.1 Å². The average molecular weight is 713 g/mol. The van der Waals surface area contributed by atoms with Crippen LogP contribution in [0, 0.1) is 0 Å². The van der Waals surface area contributed by atoms with E-state index in [2.05, 4.69) is 228 Å². The van der Waals surface area contributed by atoms with Crippen LogP contribution < -0.4 is 4.90 Å². The van der Waals surface area contributed by atoms with Gasteiger partial charge in [0.05, 0.1) is 11.0 Å². The normalized spacial score (nSPS) is 11.6. The second-order valence-corrected chi connectivity index (χ2v) is 14.5. The van der Waals surface area contributed by atoms with E-state index in [-0.39, 0.29) is 0 Å². The molecule has 0 atom stereocenters. The number of benzene rings is 10. The van der Waals surface area contributed by atoms with Crippen molar-refractivity contribution in [3.63, 3.8) is 0 Å². The first kappa shape index (κ1) is 32.0. The van der Waals surface area contributed by atoms with Crippen molar-refractivity contribution in [1.29, 1.82) is 0 Å². The molecular weight excluding hydrogens is 677 g/mol. The van der Waals surface area contributed by atoms with Crippen LogP contribution in [0.1, 0.15) is 0 Å². The minimum Gasteiger partial charge on any atom is -0.310 e. The zero-order valence-corrected chi connectivity index (χ0v) is 30.7. The number of hydrogen-bond acceptors (Lipinski definition) is 1. The van der Waals surface area contributed by atoms with E-state index in [9.17, 15) is 0 Å². The first-order chi connectivity index (χ1) is 27.8. The maximum Gasteiger partial charge on any atom is 0.0542 e. The van der Waals surface area contributed by atoms with Crippen molar-refractivity contribution >= 4 is 71.2 Å². The van der Waals surface area contributed by atoms with E-state index < -0.39 is 0 Å². The highest BCUT2D eigenvalue weighted by Crippen LogP contribution is 2.47. The summed E-state index contributed by atoms with van der Waals surface area (Å²) in [7, 11) is 0. The Bertz CT molecular complexity index is 3240. The Balaban J connectivity index is 1.22. The molecule has 262 valence electrons.